The fourth-order valence-corrected chi connectivity index (χ4v) is 1.91. The van der Waals surface area contributed by atoms with Gasteiger partial charge in [0.2, 0.25) is 0 Å². The number of halogens is 2. The maximum Gasteiger partial charge on any atom is 0.287 e. The van der Waals surface area contributed by atoms with Crippen LogP contribution < -0.4 is 10.6 Å². The van der Waals surface area contributed by atoms with Crippen LogP contribution in [0, 0.1) is 6.92 Å². The lowest BCUT2D eigenvalue weighted by atomic mass is 10.2. The first-order valence-corrected chi connectivity index (χ1v) is 7.32. The van der Waals surface area contributed by atoms with Gasteiger partial charge < -0.3 is 15.7 Å². The van der Waals surface area contributed by atoms with Crippen LogP contribution in [-0.4, -0.2) is 40.7 Å². The van der Waals surface area contributed by atoms with Crippen molar-refractivity contribution in [2.45, 2.75) is 45.0 Å². The van der Waals surface area contributed by atoms with E-state index in [4.69, 9.17) is 5.11 Å². The molecule has 21 heavy (non-hydrogen) atoms. The molecule has 0 saturated heterocycles. The van der Waals surface area contributed by atoms with Gasteiger partial charge in [-0.05, 0) is 26.2 Å². The van der Waals surface area contributed by atoms with Gasteiger partial charge >= 0.3 is 0 Å². The molecule has 0 bridgehead atoms. The lowest BCUT2D eigenvalue weighted by Gasteiger charge is -2.18. The summed E-state index contributed by atoms with van der Waals surface area (Å²) in [5.74, 6) is -1.00. The number of hydrogen-bond donors (Lipinski definition) is 3. The number of alkyl halides is 2. The summed E-state index contributed by atoms with van der Waals surface area (Å²) < 4.78 is 26.3. The smallest absolute Gasteiger partial charge is 0.287 e. The van der Waals surface area contributed by atoms with E-state index in [1.54, 1.807) is 6.92 Å². The Morgan fingerprint density at radius 1 is 1.24 bits per heavy atom. The number of rotatable bonds is 8. The molecule has 3 N–H and O–H groups in total. The fourth-order valence-electron chi connectivity index (χ4n) is 1.91. The highest BCUT2D eigenvalue weighted by atomic mass is 19.3. The van der Waals surface area contributed by atoms with Gasteiger partial charge in [0.15, 0.2) is 0 Å². The van der Waals surface area contributed by atoms with Gasteiger partial charge in [0, 0.05) is 18.0 Å². The third kappa shape index (κ3) is 4.23. The minimum absolute atomic E-state index is 0.340. The summed E-state index contributed by atoms with van der Waals surface area (Å²) in [6.07, 6.45) is 3.04. The van der Waals surface area contributed by atoms with Crippen LogP contribution in [0.4, 0.5) is 20.4 Å². The lowest BCUT2D eigenvalue weighted by molar-refractivity contribution is -0.0373. The number of aliphatic hydroxyl groups excluding tert-OH is 1. The van der Waals surface area contributed by atoms with Crippen LogP contribution >= 0.6 is 0 Å². The molecule has 0 aliphatic heterocycles. The summed E-state index contributed by atoms with van der Waals surface area (Å²) in [4.78, 5) is 8.86. The highest BCUT2D eigenvalue weighted by molar-refractivity contribution is 5.57. The number of aliphatic hydroxyl groups is 1. The topological polar surface area (TPSA) is 70.1 Å². The Bertz CT molecular complexity index is 492. The Balaban J connectivity index is 2.19. The number of hydrogen-bond acceptors (Lipinski definition) is 5. The SMILES string of the molecule is CCCNc1nc(C2CC2)nc(NCC(F)(F)CO)c1C. The van der Waals surface area contributed by atoms with E-state index < -0.39 is 19.1 Å². The van der Waals surface area contributed by atoms with E-state index in [-0.39, 0.29) is 0 Å². The van der Waals surface area contributed by atoms with Crippen molar-refractivity contribution in [1.29, 1.82) is 0 Å². The first-order chi connectivity index (χ1) is 9.96. The van der Waals surface area contributed by atoms with Crippen LogP contribution in [0.1, 0.15) is 43.5 Å². The van der Waals surface area contributed by atoms with E-state index >= 15 is 0 Å². The maximum absolute atomic E-state index is 13.2. The molecule has 0 aromatic carbocycles. The van der Waals surface area contributed by atoms with Gasteiger partial charge in [-0.15, -0.1) is 0 Å². The molecule has 0 radical (unpaired) electrons. The van der Waals surface area contributed by atoms with E-state index in [0.29, 0.717) is 23.4 Å². The Hall–Kier alpha value is -1.50. The van der Waals surface area contributed by atoms with E-state index in [2.05, 4.69) is 20.6 Å². The molecule has 1 fully saturated rings. The Kier molecular flexibility index (Phi) is 4.92. The average molecular weight is 300 g/mol. The molecule has 1 heterocycles. The van der Waals surface area contributed by atoms with Crippen molar-refractivity contribution in [3.05, 3.63) is 11.4 Å². The predicted molar refractivity (Wildman–Crippen MR) is 78.0 cm³/mol. The third-order valence-electron chi connectivity index (χ3n) is 3.39. The highest BCUT2D eigenvalue weighted by Crippen LogP contribution is 2.39. The third-order valence-corrected chi connectivity index (χ3v) is 3.39. The normalized spacial score (nSPS) is 15.1. The van der Waals surface area contributed by atoms with Gasteiger partial charge in [-0.1, -0.05) is 6.92 Å². The van der Waals surface area contributed by atoms with Crippen molar-refractivity contribution < 1.29 is 13.9 Å². The molecule has 1 aromatic rings. The van der Waals surface area contributed by atoms with Crippen LogP contribution in [0.2, 0.25) is 0 Å². The van der Waals surface area contributed by atoms with Crippen molar-refractivity contribution >= 4 is 11.6 Å². The van der Waals surface area contributed by atoms with Crippen molar-refractivity contribution in [2.24, 2.45) is 0 Å². The first kappa shape index (κ1) is 15.9. The van der Waals surface area contributed by atoms with Crippen LogP contribution in [0.3, 0.4) is 0 Å². The molecular weight excluding hydrogens is 278 g/mol. The second-order valence-corrected chi connectivity index (χ2v) is 5.47. The average Bonchev–Trinajstić information content (AvgIpc) is 3.29. The van der Waals surface area contributed by atoms with Gasteiger partial charge in [0.1, 0.15) is 24.1 Å². The van der Waals surface area contributed by atoms with Gasteiger partial charge in [-0.3, -0.25) is 0 Å². The molecule has 118 valence electrons. The molecule has 1 aromatic heterocycles. The standard InChI is InChI=1S/C14H22F2N4O/c1-3-6-17-11-9(2)12(18-7-14(15,16)8-21)20-13(19-11)10-4-5-10/h10,21H,3-8H2,1-2H3,(H2,17,18,19,20). The molecule has 7 heteroatoms. The number of nitrogens with one attached hydrogen (secondary N) is 2. The minimum Gasteiger partial charge on any atom is -0.390 e. The van der Waals surface area contributed by atoms with Crippen LogP contribution in [0.5, 0.6) is 0 Å². The summed E-state index contributed by atoms with van der Waals surface area (Å²) in [6, 6.07) is 0. The lowest BCUT2D eigenvalue weighted by Crippen LogP contribution is -2.31. The van der Waals surface area contributed by atoms with Crippen LogP contribution in [-0.2, 0) is 0 Å². The van der Waals surface area contributed by atoms with Crippen molar-refractivity contribution in [3.63, 3.8) is 0 Å². The molecule has 5 nitrogen and oxygen atoms in total. The second kappa shape index (κ2) is 6.51. The molecule has 0 amide bonds. The van der Waals surface area contributed by atoms with Gasteiger partial charge in [-0.25, -0.2) is 18.7 Å². The van der Waals surface area contributed by atoms with E-state index in [9.17, 15) is 8.78 Å². The Morgan fingerprint density at radius 2 is 1.86 bits per heavy atom. The molecule has 2 rings (SSSR count). The fraction of sp³-hybridized carbons (Fsp3) is 0.714. The zero-order valence-corrected chi connectivity index (χ0v) is 12.4. The zero-order chi connectivity index (χ0) is 15.5. The van der Waals surface area contributed by atoms with E-state index in [1.807, 2.05) is 6.92 Å². The van der Waals surface area contributed by atoms with Gasteiger partial charge in [-0.2, -0.15) is 0 Å². The summed E-state index contributed by atoms with van der Waals surface area (Å²) in [7, 11) is 0. The first-order valence-electron chi connectivity index (χ1n) is 7.32. The molecule has 1 saturated carbocycles. The molecular formula is C14H22F2N4O. The van der Waals surface area contributed by atoms with Crippen LogP contribution in [0.25, 0.3) is 0 Å². The van der Waals surface area contributed by atoms with Crippen LogP contribution in [0.15, 0.2) is 0 Å². The Morgan fingerprint density at radius 3 is 2.38 bits per heavy atom. The number of anilines is 2. The van der Waals surface area contributed by atoms with Crippen molar-refractivity contribution in [2.75, 3.05) is 30.3 Å². The quantitative estimate of drug-likeness (QED) is 0.688. The van der Waals surface area contributed by atoms with Crippen molar-refractivity contribution in [3.8, 4) is 0 Å². The highest BCUT2D eigenvalue weighted by Gasteiger charge is 2.30. The largest absolute Gasteiger partial charge is 0.390 e. The van der Waals surface area contributed by atoms with Gasteiger partial charge in [0.25, 0.3) is 5.92 Å². The van der Waals surface area contributed by atoms with Crippen molar-refractivity contribution in [1.82, 2.24) is 9.97 Å². The monoisotopic (exact) mass is 300 g/mol. The van der Waals surface area contributed by atoms with E-state index in [1.165, 1.54) is 0 Å². The molecule has 1 aliphatic rings. The maximum atomic E-state index is 13.2. The number of aromatic nitrogens is 2. The zero-order valence-electron chi connectivity index (χ0n) is 12.4. The van der Waals surface area contributed by atoms with Gasteiger partial charge in [0.05, 0.1) is 6.54 Å². The second-order valence-electron chi connectivity index (χ2n) is 5.47. The predicted octanol–water partition coefficient (Wildman–Crippen LogP) is 2.52. The minimum atomic E-state index is -3.16. The summed E-state index contributed by atoms with van der Waals surface area (Å²) in [5, 5.41) is 14.5. The Labute approximate surface area is 123 Å². The molecule has 0 atom stereocenters. The summed E-state index contributed by atoms with van der Waals surface area (Å²) in [6.45, 7) is 2.80. The number of nitrogens with zero attached hydrogens (tertiary/aromatic N) is 2. The summed E-state index contributed by atoms with van der Waals surface area (Å²) >= 11 is 0. The molecule has 0 unspecified atom stereocenters. The summed E-state index contributed by atoms with van der Waals surface area (Å²) in [5.41, 5.74) is 0.724. The molecule has 0 spiro atoms. The molecule has 1 aliphatic carbocycles. The van der Waals surface area contributed by atoms with E-state index in [0.717, 1.165) is 31.4 Å².